The van der Waals surface area contributed by atoms with E-state index >= 15 is 0 Å². The Balaban J connectivity index is 2.19. The summed E-state index contributed by atoms with van der Waals surface area (Å²) in [6.07, 6.45) is 3.44. The van der Waals surface area contributed by atoms with E-state index in [0.717, 1.165) is 39.3 Å². The van der Waals surface area contributed by atoms with Gasteiger partial charge in [-0.15, -0.1) is 0 Å². The predicted molar refractivity (Wildman–Crippen MR) is 53.9 cm³/mol. The van der Waals surface area contributed by atoms with Gasteiger partial charge in [0, 0.05) is 6.61 Å². The Bertz CT molecular complexity index is 173. The largest absolute Gasteiger partial charge is 0.377 e. The first-order valence-corrected chi connectivity index (χ1v) is 5.17. The van der Waals surface area contributed by atoms with Gasteiger partial charge in [0.2, 0.25) is 0 Å². The Labute approximate surface area is 80.9 Å². The average molecular weight is 184 g/mol. The van der Waals surface area contributed by atoms with Gasteiger partial charge in [-0.1, -0.05) is 18.9 Å². The zero-order valence-corrected chi connectivity index (χ0v) is 8.77. The SMILES string of the molecule is CCCCOCC1=C(C)CCOC1. The lowest BCUT2D eigenvalue weighted by Gasteiger charge is -2.18. The van der Waals surface area contributed by atoms with E-state index in [9.17, 15) is 0 Å². The van der Waals surface area contributed by atoms with Crippen LogP contribution < -0.4 is 0 Å². The fourth-order valence-corrected chi connectivity index (χ4v) is 1.33. The van der Waals surface area contributed by atoms with Gasteiger partial charge in [0.25, 0.3) is 0 Å². The molecule has 0 aromatic carbocycles. The Morgan fingerprint density at radius 2 is 2.31 bits per heavy atom. The van der Waals surface area contributed by atoms with Gasteiger partial charge in [0.05, 0.1) is 19.8 Å². The molecule has 0 spiro atoms. The molecule has 0 aromatic heterocycles. The highest BCUT2D eigenvalue weighted by atomic mass is 16.5. The normalized spacial score (nSPS) is 18.0. The number of hydrogen-bond donors (Lipinski definition) is 0. The van der Waals surface area contributed by atoms with Crippen molar-refractivity contribution in [2.45, 2.75) is 33.1 Å². The van der Waals surface area contributed by atoms with Crippen LogP contribution in [-0.4, -0.2) is 26.4 Å². The molecule has 1 heterocycles. The summed E-state index contributed by atoms with van der Waals surface area (Å²) in [5, 5.41) is 0. The molecule has 1 aliphatic rings. The molecule has 0 fully saturated rings. The lowest BCUT2D eigenvalue weighted by Crippen LogP contribution is -2.14. The summed E-state index contributed by atoms with van der Waals surface area (Å²) in [6.45, 7) is 7.67. The van der Waals surface area contributed by atoms with Crippen molar-refractivity contribution in [3.8, 4) is 0 Å². The topological polar surface area (TPSA) is 18.5 Å². The van der Waals surface area contributed by atoms with Crippen molar-refractivity contribution in [2.75, 3.05) is 26.4 Å². The minimum atomic E-state index is 0.770. The van der Waals surface area contributed by atoms with E-state index in [1.54, 1.807) is 0 Å². The summed E-state index contributed by atoms with van der Waals surface area (Å²) >= 11 is 0. The fraction of sp³-hybridized carbons (Fsp3) is 0.818. The predicted octanol–water partition coefficient (Wildman–Crippen LogP) is 2.54. The Morgan fingerprint density at radius 3 is 3.00 bits per heavy atom. The highest BCUT2D eigenvalue weighted by Crippen LogP contribution is 2.14. The standard InChI is InChI=1S/C11H20O2/c1-3-4-6-12-8-11-9-13-7-5-10(11)2/h3-9H2,1-2H3. The third-order valence-electron chi connectivity index (χ3n) is 2.42. The van der Waals surface area contributed by atoms with Crippen LogP contribution in [0.1, 0.15) is 33.1 Å². The highest BCUT2D eigenvalue weighted by Gasteiger charge is 2.08. The van der Waals surface area contributed by atoms with Crippen molar-refractivity contribution in [1.29, 1.82) is 0 Å². The van der Waals surface area contributed by atoms with E-state index in [4.69, 9.17) is 9.47 Å². The molecule has 0 N–H and O–H groups in total. The minimum Gasteiger partial charge on any atom is -0.377 e. The zero-order chi connectivity index (χ0) is 9.52. The first kappa shape index (κ1) is 10.7. The Hall–Kier alpha value is -0.340. The van der Waals surface area contributed by atoms with Gasteiger partial charge in [-0.2, -0.15) is 0 Å². The van der Waals surface area contributed by atoms with Crippen LogP contribution in [0.3, 0.4) is 0 Å². The molecular weight excluding hydrogens is 164 g/mol. The molecule has 0 unspecified atom stereocenters. The van der Waals surface area contributed by atoms with Gasteiger partial charge in [-0.3, -0.25) is 0 Å². The average Bonchev–Trinajstić information content (AvgIpc) is 2.15. The molecule has 1 aliphatic heterocycles. The fourth-order valence-electron chi connectivity index (χ4n) is 1.33. The Kier molecular flexibility index (Phi) is 5.09. The first-order chi connectivity index (χ1) is 6.34. The third-order valence-corrected chi connectivity index (χ3v) is 2.42. The molecule has 0 bridgehead atoms. The van der Waals surface area contributed by atoms with Gasteiger partial charge in [0.1, 0.15) is 0 Å². The van der Waals surface area contributed by atoms with E-state index in [1.807, 2.05) is 0 Å². The molecule has 0 atom stereocenters. The number of unbranched alkanes of at least 4 members (excludes halogenated alkanes) is 1. The first-order valence-electron chi connectivity index (χ1n) is 5.17. The highest BCUT2D eigenvalue weighted by molar-refractivity contribution is 5.15. The second-order valence-electron chi connectivity index (χ2n) is 3.59. The number of hydrogen-bond acceptors (Lipinski definition) is 2. The van der Waals surface area contributed by atoms with Crippen LogP contribution in [0.15, 0.2) is 11.1 Å². The van der Waals surface area contributed by atoms with Crippen LogP contribution >= 0.6 is 0 Å². The van der Waals surface area contributed by atoms with Crippen molar-refractivity contribution >= 4 is 0 Å². The maximum absolute atomic E-state index is 5.55. The van der Waals surface area contributed by atoms with Gasteiger partial charge >= 0.3 is 0 Å². The van der Waals surface area contributed by atoms with Crippen LogP contribution in [0.5, 0.6) is 0 Å². The lowest BCUT2D eigenvalue weighted by molar-refractivity contribution is 0.107. The molecule has 0 radical (unpaired) electrons. The molecule has 13 heavy (non-hydrogen) atoms. The summed E-state index contributed by atoms with van der Waals surface area (Å²) in [7, 11) is 0. The third kappa shape index (κ3) is 3.92. The molecule has 0 saturated heterocycles. The van der Waals surface area contributed by atoms with Crippen molar-refractivity contribution < 1.29 is 9.47 Å². The van der Waals surface area contributed by atoms with Crippen LogP contribution in [0.2, 0.25) is 0 Å². The summed E-state index contributed by atoms with van der Waals surface area (Å²) in [5.74, 6) is 0. The van der Waals surface area contributed by atoms with Crippen LogP contribution in [0.4, 0.5) is 0 Å². The second kappa shape index (κ2) is 6.17. The van der Waals surface area contributed by atoms with Gasteiger partial charge in [0.15, 0.2) is 0 Å². The van der Waals surface area contributed by atoms with Crippen molar-refractivity contribution in [1.82, 2.24) is 0 Å². The minimum absolute atomic E-state index is 0.770. The van der Waals surface area contributed by atoms with Gasteiger partial charge in [-0.25, -0.2) is 0 Å². The maximum atomic E-state index is 5.55. The molecule has 0 aromatic rings. The van der Waals surface area contributed by atoms with Crippen LogP contribution in [-0.2, 0) is 9.47 Å². The summed E-state index contributed by atoms with van der Waals surface area (Å²) in [4.78, 5) is 0. The van der Waals surface area contributed by atoms with Gasteiger partial charge < -0.3 is 9.47 Å². The number of ether oxygens (including phenoxy) is 2. The molecule has 1 rings (SSSR count). The molecular formula is C11H20O2. The number of rotatable bonds is 5. The lowest BCUT2D eigenvalue weighted by atomic mass is 10.1. The van der Waals surface area contributed by atoms with E-state index in [-0.39, 0.29) is 0 Å². The summed E-state index contributed by atoms with van der Waals surface area (Å²) < 4.78 is 10.9. The monoisotopic (exact) mass is 184 g/mol. The van der Waals surface area contributed by atoms with Crippen LogP contribution in [0.25, 0.3) is 0 Å². The second-order valence-corrected chi connectivity index (χ2v) is 3.59. The molecule has 0 saturated carbocycles. The van der Waals surface area contributed by atoms with Crippen molar-refractivity contribution in [2.24, 2.45) is 0 Å². The van der Waals surface area contributed by atoms with E-state index in [0.29, 0.717) is 0 Å². The summed E-state index contributed by atoms with van der Waals surface area (Å²) in [5.41, 5.74) is 2.81. The van der Waals surface area contributed by atoms with Gasteiger partial charge in [-0.05, 0) is 25.3 Å². The maximum Gasteiger partial charge on any atom is 0.0701 e. The molecule has 2 nitrogen and oxygen atoms in total. The summed E-state index contributed by atoms with van der Waals surface area (Å²) in [6, 6.07) is 0. The van der Waals surface area contributed by atoms with Crippen molar-refractivity contribution in [3.63, 3.8) is 0 Å². The molecule has 2 heteroatoms. The van der Waals surface area contributed by atoms with E-state index in [1.165, 1.54) is 17.6 Å². The smallest absolute Gasteiger partial charge is 0.0701 e. The van der Waals surface area contributed by atoms with E-state index < -0.39 is 0 Å². The molecule has 0 aliphatic carbocycles. The zero-order valence-electron chi connectivity index (χ0n) is 8.77. The van der Waals surface area contributed by atoms with E-state index in [2.05, 4.69) is 13.8 Å². The Morgan fingerprint density at radius 1 is 1.46 bits per heavy atom. The molecule has 0 amide bonds. The van der Waals surface area contributed by atoms with Crippen LogP contribution in [0, 0.1) is 0 Å². The molecule has 76 valence electrons. The van der Waals surface area contributed by atoms with Crippen molar-refractivity contribution in [3.05, 3.63) is 11.1 Å². The quantitative estimate of drug-likeness (QED) is 0.483.